The van der Waals surface area contributed by atoms with Crippen molar-refractivity contribution in [2.24, 2.45) is 0 Å². The van der Waals surface area contributed by atoms with E-state index in [1.165, 1.54) is 20.9 Å². The third-order valence-corrected chi connectivity index (χ3v) is 7.59. The van der Waals surface area contributed by atoms with Crippen LogP contribution in [0, 0.1) is 10.2 Å². The molecule has 0 spiro atoms. The van der Waals surface area contributed by atoms with Crippen molar-refractivity contribution in [1.82, 2.24) is 0 Å². The molecule has 0 unspecified atom stereocenters. The smallest absolute Gasteiger partial charge is 0.222 e. The van der Waals surface area contributed by atoms with E-state index in [-0.39, 0.29) is 0 Å². The maximum absolute atomic E-state index is 8.49. The van der Waals surface area contributed by atoms with E-state index in [4.69, 9.17) is 23.1 Å². The van der Waals surface area contributed by atoms with Crippen molar-refractivity contribution in [1.29, 1.82) is 0 Å². The fourth-order valence-electron chi connectivity index (χ4n) is 4.49. The van der Waals surface area contributed by atoms with Crippen LogP contribution < -0.4 is 18.6 Å². The Hall–Kier alpha value is -4.53. The lowest BCUT2D eigenvalue weighted by Gasteiger charge is -2.17. The van der Waals surface area contributed by atoms with Gasteiger partial charge in [0.2, 0.25) is 0 Å². The predicted molar refractivity (Wildman–Crippen MR) is 168 cm³/mol. The van der Waals surface area contributed by atoms with Gasteiger partial charge in [0.1, 0.15) is 0 Å². The van der Waals surface area contributed by atoms with E-state index < -0.39 is 10.2 Å². The van der Waals surface area contributed by atoms with Gasteiger partial charge in [-0.05, 0) is 58.7 Å². The maximum Gasteiger partial charge on any atom is 0.361 e. The van der Waals surface area contributed by atoms with Gasteiger partial charge in [-0.15, -0.1) is 10.2 Å². The van der Waals surface area contributed by atoms with Gasteiger partial charge in [0.05, 0.1) is 23.3 Å². The minimum absolute atomic E-state index is 0.843. The summed E-state index contributed by atoms with van der Waals surface area (Å²) in [6, 6.07) is 45.9. The Balaban J connectivity index is 0.000000712. The number of allylic oxidation sites excluding steroid dienone is 5. The van der Waals surface area contributed by atoms with Crippen LogP contribution in [0.4, 0.5) is 0 Å². The summed E-state index contributed by atoms with van der Waals surface area (Å²) in [5.74, 6) is 1.69. The monoisotopic (exact) mass is 618 g/mol. The first-order chi connectivity index (χ1) is 21.3. The van der Waals surface area contributed by atoms with E-state index in [9.17, 15) is 0 Å². The van der Waals surface area contributed by atoms with Crippen LogP contribution in [-0.4, -0.2) is 0 Å². The SMILES string of the molecule is C(/C=C/c1cc(-c2ccccc2)[o+]c(-c2ccccc2)c1)=C1C=C(c2ccccc2)SC(c2ccccc2)=C1.[O-][Cl+3]([O-])([O-])[O-]. The van der Waals surface area contributed by atoms with Crippen molar-refractivity contribution in [3.8, 4) is 22.6 Å². The van der Waals surface area contributed by atoms with Crippen LogP contribution in [0.15, 0.2) is 168 Å². The number of hydrogen-bond donors (Lipinski definition) is 0. The summed E-state index contributed by atoms with van der Waals surface area (Å²) >= 11 is 1.82. The highest BCUT2D eigenvalue weighted by Crippen LogP contribution is 2.43. The van der Waals surface area contributed by atoms with E-state index >= 15 is 0 Å². The van der Waals surface area contributed by atoms with Crippen LogP contribution >= 0.6 is 11.8 Å². The fourth-order valence-corrected chi connectivity index (χ4v) is 5.62. The number of rotatable bonds is 6. The second-order valence-electron chi connectivity index (χ2n) is 9.61. The van der Waals surface area contributed by atoms with E-state index in [2.05, 4.69) is 127 Å². The van der Waals surface area contributed by atoms with Crippen LogP contribution in [-0.2, 0) is 0 Å². The molecule has 0 saturated carbocycles. The molecule has 5 aromatic rings. The predicted octanol–water partition coefficient (Wildman–Crippen LogP) is 5.91. The lowest BCUT2D eigenvalue weighted by atomic mass is 10.1. The summed E-state index contributed by atoms with van der Waals surface area (Å²) in [4.78, 5) is 2.49. The van der Waals surface area contributed by atoms with Gasteiger partial charge in [-0.3, -0.25) is 0 Å². The highest BCUT2D eigenvalue weighted by atomic mass is 35.7. The van der Waals surface area contributed by atoms with Gasteiger partial charge in [0.15, 0.2) is 0 Å². The molecule has 44 heavy (non-hydrogen) atoms. The summed E-state index contributed by atoms with van der Waals surface area (Å²) in [7, 11) is -4.94. The summed E-state index contributed by atoms with van der Waals surface area (Å²) in [6.07, 6.45) is 11.0. The number of hydrogen-bond acceptors (Lipinski definition) is 5. The molecule has 0 N–H and O–H groups in total. The molecule has 1 aromatic heterocycles. The first kappa shape index (κ1) is 30.9. The number of halogens is 1. The molecular weight excluding hydrogens is 592 g/mol. The Morgan fingerprint density at radius 2 is 0.886 bits per heavy atom. The van der Waals surface area contributed by atoms with Crippen LogP contribution in [0.25, 0.3) is 38.5 Å². The zero-order valence-electron chi connectivity index (χ0n) is 23.4. The molecule has 218 valence electrons. The van der Waals surface area contributed by atoms with E-state index in [1.54, 1.807) is 0 Å². The van der Waals surface area contributed by atoms with Gasteiger partial charge in [-0.25, -0.2) is 23.1 Å². The molecule has 0 saturated heterocycles. The van der Waals surface area contributed by atoms with Gasteiger partial charge >= 0.3 is 11.5 Å². The molecule has 0 amide bonds. The quantitative estimate of drug-likeness (QED) is 0.219. The summed E-state index contributed by atoms with van der Waals surface area (Å²) in [5, 5.41) is 0. The standard InChI is InChI=1S/C37H27OS.ClHO4/c1-5-16-30(17-6-1)34-24-28(25-35(38-34)31-18-7-2-8-19-31)14-13-15-29-26-36(32-20-9-3-10-21-32)39-37(27-29)33-22-11-4-12-23-33;2-1(3,4)5/h1-27H;(H,2,3,4,5)/q+1;/p-1/b14-13+;. The molecule has 0 fully saturated rings. The third-order valence-electron chi connectivity index (χ3n) is 6.44. The molecule has 5 nitrogen and oxygen atoms in total. The van der Waals surface area contributed by atoms with Gasteiger partial charge in [-0.1, -0.05) is 127 Å². The summed E-state index contributed by atoms with van der Waals surface area (Å²) in [6.45, 7) is 0. The second-order valence-corrected chi connectivity index (χ2v) is 11.4. The zero-order chi connectivity index (χ0) is 30.8. The van der Waals surface area contributed by atoms with Crippen LogP contribution in [0.3, 0.4) is 0 Å². The molecule has 0 aliphatic carbocycles. The summed E-state index contributed by atoms with van der Waals surface area (Å²) in [5.41, 5.74) is 6.81. The van der Waals surface area contributed by atoms with Gasteiger partial charge in [0.25, 0.3) is 0 Å². The normalized spacial score (nSPS) is 13.0. The van der Waals surface area contributed by atoms with Crippen LogP contribution in [0.1, 0.15) is 16.7 Å². The second kappa shape index (κ2) is 14.8. The number of benzene rings is 4. The molecule has 0 bridgehead atoms. The molecule has 2 heterocycles. The van der Waals surface area contributed by atoms with Gasteiger partial charge in [-0.2, -0.15) is 0 Å². The Bertz CT molecular complexity index is 1670. The third kappa shape index (κ3) is 9.23. The molecule has 6 rings (SSSR count). The van der Waals surface area contributed by atoms with Gasteiger partial charge in [0, 0.05) is 9.81 Å². The lowest BCUT2D eigenvalue weighted by molar-refractivity contribution is -2.00. The molecule has 1 aliphatic heterocycles. The van der Waals surface area contributed by atoms with Crippen molar-refractivity contribution in [3.05, 3.63) is 180 Å². The Labute approximate surface area is 262 Å². The largest absolute Gasteiger partial charge is 0.361 e. The average Bonchev–Trinajstić information content (AvgIpc) is 3.05. The first-order valence-corrected chi connectivity index (χ1v) is 15.7. The molecule has 1 aliphatic rings. The van der Waals surface area contributed by atoms with Crippen molar-refractivity contribution >= 4 is 27.6 Å². The lowest BCUT2D eigenvalue weighted by Crippen LogP contribution is -2.68. The van der Waals surface area contributed by atoms with Crippen LogP contribution in [0.2, 0.25) is 0 Å². The molecule has 0 atom stereocenters. The van der Waals surface area contributed by atoms with Crippen LogP contribution in [0.5, 0.6) is 0 Å². The minimum Gasteiger partial charge on any atom is -0.222 e. The van der Waals surface area contributed by atoms with Crippen molar-refractivity contribution in [2.45, 2.75) is 0 Å². The van der Waals surface area contributed by atoms with Crippen molar-refractivity contribution in [3.63, 3.8) is 0 Å². The van der Waals surface area contributed by atoms with E-state index in [1.807, 2.05) is 48.2 Å². The highest BCUT2D eigenvalue weighted by molar-refractivity contribution is 8.16. The average molecular weight is 619 g/mol. The Morgan fingerprint density at radius 3 is 1.27 bits per heavy atom. The van der Waals surface area contributed by atoms with E-state index in [0.717, 1.165) is 33.8 Å². The Morgan fingerprint density at radius 1 is 0.523 bits per heavy atom. The molecule has 7 heteroatoms. The first-order valence-electron chi connectivity index (χ1n) is 13.6. The Kier molecular flexibility index (Phi) is 10.4. The zero-order valence-corrected chi connectivity index (χ0v) is 25.0. The van der Waals surface area contributed by atoms with E-state index in [0.29, 0.717) is 0 Å². The maximum atomic E-state index is 8.49. The molecule has 0 radical (unpaired) electrons. The fraction of sp³-hybridized carbons (Fsp3) is 0. The van der Waals surface area contributed by atoms with Crippen molar-refractivity contribution in [2.75, 3.05) is 0 Å². The molecule has 4 aromatic carbocycles. The summed E-state index contributed by atoms with van der Waals surface area (Å²) < 4.78 is 40.3. The van der Waals surface area contributed by atoms with Gasteiger partial charge < -0.3 is 0 Å². The van der Waals surface area contributed by atoms with Crippen molar-refractivity contribution < 1.29 is 33.3 Å². The highest BCUT2D eigenvalue weighted by Gasteiger charge is 2.19. The topological polar surface area (TPSA) is 104 Å². The minimum atomic E-state index is -4.94. The molecular formula is C37H27ClO5S. The number of thioether (sulfide) groups is 1.